The predicted octanol–water partition coefficient (Wildman–Crippen LogP) is 1.49. The molecule has 136 valence electrons. The van der Waals surface area contributed by atoms with Gasteiger partial charge in [-0.1, -0.05) is 0 Å². The van der Waals surface area contributed by atoms with Crippen LogP contribution in [0, 0.1) is 0 Å². The van der Waals surface area contributed by atoms with Gasteiger partial charge in [0.2, 0.25) is 5.43 Å². The fraction of sp³-hybridized carbons (Fsp3) is 0.105. The molecule has 0 fully saturated rings. The molecule has 2 aliphatic rings. The number of nitrogens with zero attached hydrogens (tertiary/aromatic N) is 1. The highest BCUT2D eigenvalue weighted by molar-refractivity contribution is 5.85. The van der Waals surface area contributed by atoms with Crippen LogP contribution >= 0.6 is 0 Å². The zero-order chi connectivity index (χ0) is 19.1. The number of nitrogens with one attached hydrogen (secondary N) is 2. The van der Waals surface area contributed by atoms with Crippen LogP contribution in [-0.2, 0) is 0 Å². The standard InChI is InChI=1S/C19H15N3O5/c1-26-12-5-3-11(4-6-12)22-14-9-15(23)16(27-2)8-10(14)7-13-17(22)20-19(25)21-18(13)24/h3-9H,1-2H3,(H2,20,21,24,25). The number of fused-ring (bicyclic) bond motifs is 2. The van der Waals surface area contributed by atoms with Crippen LogP contribution in [-0.4, -0.2) is 28.8 Å². The molecule has 0 radical (unpaired) electrons. The number of aromatic nitrogens is 3. The van der Waals surface area contributed by atoms with Crippen LogP contribution in [0.3, 0.4) is 0 Å². The highest BCUT2D eigenvalue weighted by Crippen LogP contribution is 2.30. The first-order valence-corrected chi connectivity index (χ1v) is 8.06. The Labute approximate surface area is 152 Å². The summed E-state index contributed by atoms with van der Waals surface area (Å²) in [6.45, 7) is 0. The molecule has 4 rings (SSSR count). The maximum Gasteiger partial charge on any atom is 0.327 e. The van der Waals surface area contributed by atoms with E-state index in [2.05, 4.69) is 9.97 Å². The van der Waals surface area contributed by atoms with Crippen LogP contribution < -0.4 is 26.2 Å². The predicted molar refractivity (Wildman–Crippen MR) is 101 cm³/mol. The van der Waals surface area contributed by atoms with Gasteiger partial charge in [-0.05, 0) is 36.4 Å². The fourth-order valence-corrected chi connectivity index (χ4v) is 3.10. The Balaban J connectivity index is 2.20. The number of hydrogen-bond acceptors (Lipinski definition) is 5. The minimum Gasteiger partial charge on any atom is -0.497 e. The van der Waals surface area contributed by atoms with Gasteiger partial charge in [0, 0.05) is 17.3 Å². The number of hydrogen-bond donors (Lipinski definition) is 2. The van der Waals surface area contributed by atoms with Crippen molar-refractivity contribution in [1.82, 2.24) is 14.5 Å². The molecule has 2 N–H and O–H groups in total. The third-order valence-electron chi connectivity index (χ3n) is 4.37. The van der Waals surface area contributed by atoms with Gasteiger partial charge in [-0.2, -0.15) is 0 Å². The van der Waals surface area contributed by atoms with Crippen LogP contribution in [0.4, 0.5) is 0 Å². The monoisotopic (exact) mass is 365 g/mol. The van der Waals surface area contributed by atoms with Crippen LogP contribution in [0.5, 0.6) is 11.5 Å². The average Bonchev–Trinajstić information content (AvgIpc) is 2.66. The summed E-state index contributed by atoms with van der Waals surface area (Å²) in [6, 6.07) is 11.6. The quantitative estimate of drug-likeness (QED) is 0.535. The molecule has 0 saturated heterocycles. The molecular formula is C19H15N3O5. The van der Waals surface area contributed by atoms with Gasteiger partial charge < -0.3 is 9.47 Å². The number of ether oxygens (including phenoxy) is 2. The molecule has 1 aromatic heterocycles. The molecule has 2 aromatic rings. The van der Waals surface area contributed by atoms with Gasteiger partial charge in [-0.3, -0.25) is 24.1 Å². The molecule has 8 heteroatoms. The SMILES string of the molecule is COc1ccc(-n2c3cc(=O)c(OC)cc-3cc3c(=O)[nH]c(=O)[nH]c32)cc1. The van der Waals surface area contributed by atoms with E-state index in [0.29, 0.717) is 22.7 Å². The van der Waals surface area contributed by atoms with E-state index in [-0.39, 0.29) is 22.2 Å². The highest BCUT2D eigenvalue weighted by atomic mass is 16.5. The number of methoxy groups -OCH3 is 2. The van der Waals surface area contributed by atoms with Crippen molar-refractivity contribution in [3.8, 4) is 28.4 Å². The van der Waals surface area contributed by atoms with Crippen LogP contribution in [0.2, 0.25) is 0 Å². The van der Waals surface area contributed by atoms with Gasteiger partial charge in [-0.15, -0.1) is 0 Å². The third-order valence-corrected chi connectivity index (χ3v) is 4.37. The summed E-state index contributed by atoms with van der Waals surface area (Å²) < 4.78 is 11.9. The smallest absolute Gasteiger partial charge is 0.327 e. The van der Waals surface area contributed by atoms with Crippen molar-refractivity contribution >= 4 is 11.0 Å². The van der Waals surface area contributed by atoms with Crippen molar-refractivity contribution in [3.63, 3.8) is 0 Å². The van der Waals surface area contributed by atoms with Gasteiger partial charge in [0.15, 0.2) is 5.75 Å². The lowest BCUT2D eigenvalue weighted by molar-refractivity contribution is 0.411. The summed E-state index contributed by atoms with van der Waals surface area (Å²) in [4.78, 5) is 41.4. The molecule has 1 aliphatic carbocycles. The first kappa shape index (κ1) is 16.6. The van der Waals surface area contributed by atoms with E-state index in [1.165, 1.54) is 13.2 Å². The van der Waals surface area contributed by atoms with E-state index in [1.54, 1.807) is 48.1 Å². The topological polar surface area (TPSA) is 106 Å². The number of benzene rings is 2. The summed E-state index contributed by atoms with van der Waals surface area (Å²) >= 11 is 0. The van der Waals surface area contributed by atoms with E-state index in [1.807, 2.05) is 0 Å². The van der Waals surface area contributed by atoms with Crippen molar-refractivity contribution in [2.75, 3.05) is 14.2 Å². The average molecular weight is 365 g/mol. The largest absolute Gasteiger partial charge is 0.497 e. The molecule has 8 nitrogen and oxygen atoms in total. The Hall–Kier alpha value is -3.81. The van der Waals surface area contributed by atoms with Crippen LogP contribution in [0.1, 0.15) is 0 Å². The lowest BCUT2D eigenvalue weighted by Gasteiger charge is -2.19. The molecule has 0 unspecified atom stereocenters. The fourth-order valence-electron chi connectivity index (χ4n) is 3.10. The first-order valence-electron chi connectivity index (χ1n) is 8.06. The number of rotatable bonds is 3. The number of pyridine rings is 1. The normalized spacial score (nSPS) is 11.0. The van der Waals surface area contributed by atoms with Crippen LogP contribution in [0.15, 0.2) is 56.8 Å². The second-order valence-corrected chi connectivity index (χ2v) is 5.91. The lowest BCUT2D eigenvalue weighted by Crippen LogP contribution is -2.25. The van der Waals surface area contributed by atoms with Gasteiger partial charge in [-0.25, -0.2) is 4.79 Å². The summed E-state index contributed by atoms with van der Waals surface area (Å²) in [6.07, 6.45) is 0. The summed E-state index contributed by atoms with van der Waals surface area (Å²) in [5.74, 6) is 0.824. The summed E-state index contributed by atoms with van der Waals surface area (Å²) in [7, 11) is 2.97. The zero-order valence-electron chi connectivity index (χ0n) is 14.5. The molecule has 0 bridgehead atoms. The Morgan fingerprint density at radius 3 is 2.30 bits per heavy atom. The van der Waals surface area contributed by atoms with Gasteiger partial charge >= 0.3 is 5.69 Å². The van der Waals surface area contributed by atoms with Crippen molar-refractivity contribution in [1.29, 1.82) is 0 Å². The Morgan fingerprint density at radius 2 is 1.63 bits per heavy atom. The maximum atomic E-state index is 12.3. The number of aromatic amines is 2. The van der Waals surface area contributed by atoms with Crippen molar-refractivity contribution in [2.24, 2.45) is 0 Å². The third kappa shape index (κ3) is 2.67. The van der Waals surface area contributed by atoms with Gasteiger partial charge in [0.05, 0.1) is 25.3 Å². The molecule has 0 spiro atoms. The van der Waals surface area contributed by atoms with E-state index in [9.17, 15) is 14.4 Å². The Kier molecular flexibility index (Phi) is 3.80. The Bertz CT molecular complexity index is 1300. The molecule has 0 atom stereocenters. The van der Waals surface area contributed by atoms with E-state index in [0.717, 1.165) is 0 Å². The van der Waals surface area contributed by atoms with E-state index >= 15 is 0 Å². The zero-order valence-corrected chi connectivity index (χ0v) is 14.5. The molecule has 0 saturated carbocycles. The second kappa shape index (κ2) is 6.17. The first-order chi connectivity index (χ1) is 13.0. The van der Waals surface area contributed by atoms with E-state index < -0.39 is 11.2 Å². The summed E-state index contributed by atoms with van der Waals surface area (Å²) in [5.41, 5.74) is 0.613. The molecule has 27 heavy (non-hydrogen) atoms. The minimum absolute atomic E-state index is 0.170. The van der Waals surface area contributed by atoms with Crippen molar-refractivity contribution in [3.05, 3.63) is 73.5 Å². The minimum atomic E-state index is -0.634. The molecule has 1 aromatic carbocycles. The second-order valence-electron chi connectivity index (χ2n) is 5.91. The molecule has 0 amide bonds. The van der Waals surface area contributed by atoms with E-state index in [4.69, 9.17) is 9.47 Å². The van der Waals surface area contributed by atoms with Crippen molar-refractivity contribution < 1.29 is 9.47 Å². The van der Waals surface area contributed by atoms with Crippen molar-refractivity contribution in [2.45, 2.75) is 0 Å². The Morgan fingerprint density at radius 1 is 0.889 bits per heavy atom. The molecule has 2 heterocycles. The number of H-pyrrole nitrogens is 2. The summed E-state index contributed by atoms with van der Waals surface area (Å²) in [5, 5.41) is 0.277. The molecular weight excluding hydrogens is 350 g/mol. The van der Waals surface area contributed by atoms with Gasteiger partial charge in [0.1, 0.15) is 11.4 Å². The van der Waals surface area contributed by atoms with Gasteiger partial charge in [0.25, 0.3) is 5.56 Å². The molecule has 1 aliphatic heterocycles. The highest BCUT2D eigenvalue weighted by Gasteiger charge is 2.18. The maximum absolute atomic E-state index is 12.3. The van der Waals surface area contributed by atoms with Crippen LogP contribution in [0.25, 0.3) is 28.0 Å². The lowest BCUT2D eigenvalue weighted by atomic mass is 10.1.